The van der Waals surface area contributed by atoms with Crippen molar-refractivity contribution in [1.29, 1.82) is 0 Å². The highest BCUT2D eigenvalue weighted by Crippen LogP contribution is 2.12. The van der Waals surface area contributed by atoms with Crippen LogP contribution in [0.25, 0.3) is 0 Å². The Morgan fingerprint density at radius 3 is 2.31 bits per heavy atom. The molecule has 2 aromatic rings. The fraction of sp³-hybridized carbons (Fsp3) is 0.300. The van der Waals surface area contributed by atoms with Crippen molar-refractivity contribution in [2.24, 2.45) is 4.99 Å². The lowest BCUT2D eigenvalue weighted by atomic mass is 10.0. The van der Waals surface area contributed by atoms with E-state index in [2.05, 4.69) is 46.8 Å². The lowest BCUT2D eigenvalue weighted by Gasteiger charge is -2.16. The average molecular weight is 467 g/mol. The minimum absolute atomic E-state index is 0. The quantitative estimate of drug-likeness (QED) is 0.295. The van der Waals surface area contributed by atoms with Gasteiger partial charge in [0.2, 0.25) is 0 Å². The smallest absolute Gasteiger partial charge is 0.337 e. The summed E-state index contributed by atoms with van der Waals surface area (Å²) >= 11 is 0. The normalized spacial score (nSPS) is 11.9. The van der Waals surface area contributed by atoms with Crippen LogP contribution < -0.4 is 10.6 Å². The van der Waals surface area contributed by atoms with Crippen LogP contribution in [0.1, 0.15) is 34.3 Å². The van der Waals surface area contributed by atoms with Crippen molar-refractivity contribution in [2.45, 2.75) is 19.4 Å². The summed E-state index contributed by atoms with van der Waals surface area (Å²) in [6, 6.07) is 17.7. The van der Waals surface area contributed by atoms with E-state index < -0.39 is 0 Å². The first-order valence-electron chi connectivity index (χ1n) is 8.30. The molecule has 2 N–H and O–H groups in total. The van der Waals surface area contributed by atoms with Gasteiger partial charge in [-0.05, 0) is 29.2 Å². The number of carbonyl (C=O) groups is 1. The second-order valence-corrected chi connectivity index (χ2v) is 5.81. The zero-order valence-corrected chi connectivity index (χ0v) is 17.7. The summed E-state index contributed by atoms with van der Waals surface area (Å²) in [5, 5.41) is 6.62. The van der Waals surface area contributed by atoms with Crippen LogP contribution in [-0.2, 0) is 11.3 Å². The Labute approximate surface area is 172 Å². The predicted molar refractivity (Wildman–Crippen MR) is 116 cm³/mol. The Morgan fingerprint density at radius 2 is 1.73 bits per heavy atom. The lowest BCUT2D eigenvalue weighted by molar-refractivity contribution is 0.0600. The van der Waals surface area contributed by atoms with E-state index in [0.717, 1.165) is 18.1 Å². The molecule has 0 spiro atoms. The number of hydrogen-bond acceptors (Lipinski definition) is 3. The van der Waals surface area contributed by atoms with E-state index in [1.165, 1.54) is 12.7 Å². The molecule has 2 aromatic carbocycles. The van der Waals surface area contributed by atoms with Gasteiger partial charge in [-0.25, -0.2) is 4.79 Å². The molecule has 0 aromatic heterocycles. The van der Waals surface area contributed by atoms with E-state index in [1.807, 2.05) is 18.2 Å². The molecule has 6 heteroatoms. The maximum absolute atomic E-state index is 11.4. The fourth-order valence-corrected chi connectivity index (χ4v) is 2.43. The number of aliphatic imine (C=N–C) groups is 1. The Kier molecular flexibility index (Phi) is 9.72. The zero-order valence-electron chi connectivity index (χ0n) is 15.4. The van der Waals surface area contributed by atoms with Crippen LogP contribution in [0.3, 0.4) is 0 Å². The predicted octanol–water partition coefficient (Wildman–Crippen LogP) is 3.56. The number of rotatable bonds is 6. The van der Waals surface area contributed by atoms with E-state index >= 15 is 0 Å². The fourth-order valence-electron chi connectivity index (χ4n) is 2.43. The van der Waals surface area contributed by atoms with Crippen molar-refractivity contribution in [2.75, 3.05) is 20.7 Å². The van der Waals surface area contributed by atoms with Gasteiger partial charge in [0.05, 0.1) is 12.7 Å². The first-order valence-corrected chi connectivity index (χ1v) is 8.30. The van der Waals surface area contributed by atoms with Gasteiger partial charge in [0.15, 0.2) is 5.96 Å². The molecule has 0 aliphatic rings. The van der Waals surface area contributed by atoms with Gasteiger partial charge < -0.3 is 15.4 Å². The van der Waals surface area contributed by atoms with E-state index in [-0.39, 0.29) is 29.9 Å². The number of hydrogen-bond donors (Lipinski definition) is 2. The second kappa shape index (κ2) is 11.5. The third-order valence-corrected chi connectivity index (χ3v) is 4.00. The minimum Gasteiger partial charge on any atom is -0.465 e. The molecule has 2 rings (SSSR count). The van der Waals surface area contributed by atoms with Crippen LogP contribution in [0.2, 0.25) is 0 Å². The van der Waals surface area contributed by atoms with Crippen LogP contribution in [0, 0.1) is 0 Å². The highest BCUT2D eigenvalue weighted by Gasteiger charge is 2.07. The SMILES string of the molecule is CN=C(NCc1ccc(C(=O)OC)cc1)NCC(C)c1ccccc1.I. The Hall–Kier alpha value is -2.09. The highest BCUT2D eigenvalue weighted by molar-refractivity contribution is 14.0. The van der Waals surface area contributed by atoms with Crippen molar-refractivity contribution in [3.63, 3.8) is 0 Å². The lowest BCUT2D eigenvalue weighted by Crippen LogP contribution is -2.38. The largest absolute Gasteiger partial charge is 0.465 e. The van der Waals surface area contributed by atoms with Gasteiger partial charge in [-0.1, -0.05) is 49.4 Å². The standard InChI is InChI=1S/C20H25N3O2.HI/c1-15(17-7-5-4-6-8-17)13-22-20(21-2)23-14-16-9-11-18(12-10-16)19(24)25-3;/h4-12,15H,13-14H2,1-3H3,(H2,21,22,23);1H. The number of esters is 1. The van der Waals surface area contributed by atoms with Crippen molar-refractivity contribution < 1.29 is 9.53 Å². The summed E-state index contributed by atoms with van der Waals surface area (Å²) in [6.45, 7) is 3.60. The molecule has 0 radical (unpaired) electrons. The Bertz CT molecular complexity index is 703. The van der Waals surface area contributed by atoms with Crippen molar-refractivity contribution in [1.82, 2.24) is 10.6 Å². The number of guanidine groups is 1. The van der Waals surface area contributed by atoms with Crippen LogP contribution in [0.4, 0.5) is 0 Å². The molecular formula is C20H26IN3O2. The highest BCUT2D eigenvalue weighted by atomic mass is 127. The number of methoxy groups -OCH3 is 1. The monoisotopic (exact) mass is 467 g/mol. The molecule has 1 unspecified atom stereocenters. The number of halogens is 1. The van der Waals surface area contributed by atoms with Gasteiger partial charge in [0.25, 0.3) is 0 Å². The molecule has 0 fully saturated rings. The third kappa shape index (κ3) is 6.67. The van der Waals surface area contributed by atoms with Gasteiger partial charge in [-0.3, -0.25) is 4.99 Å². The Morgan fingerprint density at radius 1 is 1.08 bits per heavy atom. The molecule has 0 aliphatic heterocycles. The van der Waals surface area contributed by atoms with Crippen LogP contribution in [0.5, 0.6) is 0 Å². The molecule has 26 heavy (non-hydrogen) atoms. The summed E-state index contributed by atoms with van der Waals surface area (Å²) in [7, 11) is 3.13. The molecular weight excluding hydrogens is 441 g/mol. The summed E-state index contributed by atoms with van der Waals surface area (Å²) < 4.78 is 4.70. The molecule has 0 aliphatic carbocycles. The number of nitrogens with one attached hydrogen (secondary N) is 2. The summed E-state index contributed by atoms with van der Waals surface area (Å²) in [5.41, 5.74) is 2.90. The molecule has 0 bridgehead atoms. The summed E-state index contributed by atoms with van der Waals surface area (Å²) in [6.07, 6.45) is 0. The maximum Gasteiger partial charge on any atom is 0.337 e. The first kappa shape index (κ1) is 22.0. The molecule has 1 atom stereocenters. The zero-order chi connectivity index (χ0) is 18.1. The van der Waals surface area contributed by atoms with Crippen LogP contribution in [-0.4, -0.2) is 32.6 Å². The minimum atomic E-state index is -0.327. The molecule has 0 heterocycles. The summed E-state index contributed by atoms with van der Waals surface area (Å²) in [5.74, 6) is 0.811. The van der Waals surface area contributed by atoms with Crippen LogP contribution in [0.15, 0.2) is 59.6 Å². The van der Waals surface area contributed by atoms with Gasteiger partial charge in [-0.15, -0.1) is 24.0 Å². The first-order chi connectivity index (χ1) is 12.1. The topological polar surface area (TPSA) is 62.7 Å². The number of benzene rings is 2. The molecule has 5 nitrogen and oxygen atoms in total. The van der Waals surface area contributed by atoms with E-state index in [9.17, 15) is 4.79 Å². The number of carbonyl (C=O) groups excluding carboxylic acids is 1. The number of ether oxygens (including phenoxy) is 1. The van der Waals surface area contributed by atoms with E-state index in [1.54, 1.807) is 19.2 Å². The van der Waals surface area contributed by atoms with E-state index in [4.69, 9.17) is 4.74 Å². The number of nitrogens with zero attached hydrogens (tertiary/aromatic N) is 1. The molecule has 0 saturated carbocycles. The van der Waals surface area contributed by atoms with Crippen molar-refractivity contribution >= 4 is 35.9 Å². The molecule has 0 amide bonds. The summed E-state index contributed by atoms with van der Waals surface area (Å²) in [4.78, 5) is 15.7. The maximum atomic E-state index is 11.4. The van der Waals surface area contributed by atoms with Gasteiger partial charge in [-0.2, -0.15) is 0 Å². The van der Waals surface area contributed by atoms with Gasteiger partial charge in [0, 0.05) is 20.1 Å². The molecule has 0 saturated heterocycles. The van der Waals surface area contributed by atoms with Crippen molar-refractivity contribution in [3.05, 3.63) is 71.3 Å². The van der Waals surface area contributed by atoms with Crippen molar-refractivity contribution in [3.8, 4) is 0 Å². The molecule has 140 valence electrons. The van der Waals surface area contributed by atoms with Gasteiger partial charge >= 0.3 is 5.97 Å². The van der Waals surface area contributed by atoms with Crippen LogP contribution >= 0.6 is 24.0 Å². The van der Waals surface area contributed by atoms with E-state index in [0.29, 0.717) is 18.0 Å². The second-order valence-electron chi connectivity index (χ2n) is 5.81. The van der Waals surface area contributed by atoms with Gasteiger partial charge in [0.1, 0.15) is 0 Å². The average Bonchev–Trinajstić information content (AvgIpc) is 2.68. The third-order valence-electron chi connectivity index (χ3n) is 4.00. The Balaban J connectivity index is 0.00000338.